The molecule has 4 nitrogen and oxygen atoms in total. The predicted octanol–water partition coefficient (Wildman–Crippen LogP) is 4.62. The van der Waals surface area contributed by atoms with Crippen molar-refractivity contribution in [3.05, 3.63) is 56.8 Å². The largest absolute Gasteiger partial charge is 0.463 e. The number of hydrogen-bond donors (Lipinski definition) is 1. The van der Waals surface area contributed by atoms with Gasteiger partial charge in [-0.25, -0.2) is 4.79 Å². The van der Waals surface area contributed by atoms with Crippen LogP contribution in [0.4, 0.5) is 0 Å². The third-order valence-electron chi connectivity index (χ3n) is 4.94. The second-order valence-electron chi connectivity index (χ2n) is 7.70. The number of allylic oxidation sites excluding steroid dienone is 3. The van der Waals surface area contributed by atoms with E-state index in [1.807, 2.05) is 31.2 Å². The molecule has 1 aromatic rings. The molecule has 1 aromatic carbocycles. The van der Waals surface area contributed by atoms with Crippen LogP contribution in [-0.4, -0.2) is 18.4 Å². The van der Waals surface area contributed by atoms with Crippen LogP contribution < -0.4 is 5.32 Å². The van der Waals surface area contributed by atoms with Gasteiger partial charge >= 0.3 is 5.97 Å². The van der Waals surface area contributed by atoms with Gasteiger partial charge in [0.05, 0.1) is 12.2 Å². The van der Waals surface area contributed by atoms with Crippen LogP contribution in [0.5, 0.6) is 0 Å². The molecule has 3 rings (SSSR count). The van der Waals surface area contributed by atoms with Gasteiger partial charge in [-0.15, -0.1) is 0 Å². The molecule has 1 heterocycles. The second kappa shape index (κ2) is 7.03. The summed E-state index contributed by atoms with van der Waals surface area (Å²) in [6.07, 6.45) is 1.27. The van der Waals surface area contributed by atoms with E-state index in [1.165, 1.54) is 0 Å². The Hall–Kier alpha value is -1.88. The van der Waals surface area contributed by atoms with E-state index in [0.717, 1.165) is 27.9 Å². The molecular formula is C21H24BrNO3. The monoisotopic (exact) mass is 417 g/mol. The van der Waals surface area contributed by atoms with Crippen molar-refractivity contribution in [3.63, 3.8) is 0 Å². The first-order valence-electron chi connectivity index (χ1n) is 8.90. The van der Waals surface area contributed by atoms with Crippen LogP contribution >= 0.6 is 15.9 Å². The van der Waals surface area contributed by atoms with Crippen LogP contribution in [0.1, 0.15) is 52.0 Å². The molecule has 0 unspecified atom stereocenters. The Morgan fingerprint density at radius 2 is 1.92 bits per heavy atom. The number of halogens is 1. The van der Waals surface area contributed by atoms with Gasteiger partial charge in [0.25, 0.3) is 0 Å². The van der Waals surface area contributed by atoms with Gasteiger partial charge in [-0.1, -0.05) is 41.9 Å². The lowest BCUT2D eigenvalue weighted by atomic mass is 9.68. The fourth-order valence-corrected chi connectivity index (χ4v) is 4.17. The van der Waals surface area contributed by atoms with Gasteiger partial charge in [0, 0.05) is 33.8 Å². The highest BCUT2D eigenvalue weighted by Crippen LogP contribution is 2.46. The lowest BCUT2D eigenvalue weighted by Crippen LogP contribution is -2.38. The third-order valence-corrected chi connectivity index (χ3v) is 5.47. The quantitative estimate of drug-likeness (QED) is 0.729. The second-order valence-corrected chi connectivity index (χ2v) is 8.62. The summed E-state index contributed by atoms with van der Waals surface area (Å²) in [6.45, 7) is 8.18. The van der Waals surface area contributed by atoms with E-state index in [0.29, 0.717) is 24.2 Å². The average Bonchev–Trinajstić information content (AvgIpc) is 2.53. The Labute approximate surface area is 162 Å². The highest BCUT2D eigenvalue weighted by atomic mass is 79.9. The van der Waals surface area contributed by atoms with E-state index < -0.39 is 0 Å². The molecule has 0 amide bonds. The van der Waals surface area contributed by atoms with Crippen LogP contribution in [0, 0.1) is 5.41 Å². The normalized spacial score (nSPS) is 22.0. The summed E-state index contributed by atoms with van der Waals surface area (Å²) in [6, 6.07) is 7.80. The molecule has 5 heteroatoms. The zero-order valence-electron chi connectivity index (χ0n) is 15.6. The highest BCUT2D eigenvalue weighted by molar-refractivity contribution is 9.10. The van der Waals surface area contributed by atoms with Gasteiger partial charge < -0.3 is 10.1 Å². The maximum atomic E-state index is 13.0. The maximum absolute atomic E-state index is 13.0. The molecule has 1 aliphatic heterocycles. The molecule has 1 N–H and O–H groups in total. The summed E-state index contributed by atoms with van der Waals surface area (Å²) in [7, 11) is 0. The van der Waals surface area contributed by atoms with Crippen LogP contribution in [0.3, 0.4) is 0 Å². The maximum Gasteiger partial charge on any atom is 0.336 e. The van der Waals surface area contributed by atoms with Crippen molar-refractivity contribution in [2.45, 2.75) is 46.5 Å². The number of ether oxygens (including phenoxy) is 1. The molecule has 0 spiro atoms. The summed E-state index contributed by atoms with van der Waals surface area (Å²) in [5, 5.41) is 3.33. The van der Waals surface area contributed by atoms with E-state index in [9.17, 15) is 9.59 Å². The number of ketones is 1. The Balaban J connectivity index is 2.17. The average molecular weight is 418 g/mol. The SMILES string of the molecule is CCOC(=O)C1=C(C)NC2=C(C(=O)CC(C)(C)C2)[C@@H]1c1ccc(Br)cc1. The number of benzene rings is 1. The number of dihydropyridines is 1. The van der Waals surface area contributed by atoms with Crippen molar-refractivity contribution >= 4 is 27.7 Å². The van der Waals surface area contributed by atoms with Gasteiger partial charge in [0.1, 0.15) is 0 Å². The summed E-state index contributed by atoms with van der Waals surface area (Å²) in [4.78, 5) is 25.8. The van der Waals surface area contributed by atoms with E-state index in [1.54, 1.807) is 6.92 Å². The smallest absolute Gasteiger partial charge is 0.336 e. The van der Waals surface area contributed by atoms with E-state index in [-0.39, 0.29) is 23.1 Å². The molecule has 0 saturated carbocycles. The summed E-state index contributed by atoms with van der Waals surface area (Å²) in [5.74, 6) is -0.650. The molecule has 0 saturated heterocycles. The number of nitrogens with one attached hydrogen (secondary N) is 1. The molecule has 2 aliphatic rings. The van der Waals surface area contributed by atoms with Gasteiger partial charge in [-0.2, -0.15) is 0 Å². The van der Waals surface area contributed by atoms with E-state index >= 15 is 0 Å². The highest BCUT2D eigenvalue weighted by Gasteiger charge is 2.43. The van der Waals surface area contributed by atoms with Crippen LogP contribution in [0.2, 0.25) is 0 Å². The number of carbonyl (C=O) groups is 2. The molecule has 26 heavy (non-hydrogen) atoms. The van der Waals surface area contributed by atoms with Crippen LogP contribution in [0.15, 0.2) is 51.3 Å². The molecule has 1 aliphatic carbocycles. The van der Waals surface area contributed by atoms with Crippen molar-refractivity contribution in [1.29, 1.82) is 0 Å². The van der Waals surface area contributed by atoms with Gasteiger partial charge in [-0.05, 0) is 43.4 Å². The summed E-state index contributed by atoms with van der Waals surface area (Å²) in [5.41, 5.74) is 3.78. The topological polar surface area (TPSA) is 55.4 Å². The number of esters is 1. The number of carbonyl (C=O) groups excluding carboxylic acids is 2. The molecular weight excluding hydrogens is 394 g/mol. The molecule has 138 valence electrons. The fourth-order valence-electron chi connectivity index (χ4n) is 3.90. The van der Waals surface area contributed by atoms with E-state index in [2.05, 4.69) is 35.1 Å². The van der Waals surface area contributed by atoms with Crippen molar-refractivity contribution in [1.82, 2.24) is 5.32 Å². The number of rotatable bonds is 3. The number of Topliss-reactive ketones (excluding diaryl/α,β-unsaturated/α-hetero) is 1. The van der Waals surface area contributed by atoms with Crippen LogP contribution in [-0.2, 0) is 14.3 Å². The standard InChI is InChI=1S/C21H24BrNO3/c1-5-26-20(25)17-12(2)23-15-10-21(3,4)11-16(24)19(15)18(17)13-6-8-14(22)9-7-13/h6-9,18,23H,5,10-11H2,1-4H3/t18-/m1/s1. The van der Waals surface area contributed by atoms with Crippen molar-refractivity contribution in [2.24, 2.45) is 5.41 Å². The van der Waals surface area contributed by atoms with Crippen molar-refractivity contribution < 1.29 is 14.3 Å². The summed E-state index contributed by atoms with van der Waals surface area (Å²) < 4.78 is 6.26. The molecule has 0 radical (unpaired) electrons. The molecule has 1 atom stereocenters. The fraction of sp³-hybridized carbons (Fsp3) is 0.429. The third kappa shape index (κ3) is 3.50. The van der Waals surface area contributed by atoms with Crippen LogP contribution in [0.25, 0.3) is 0 Å². The van der Waals surface area contributed by atoms with Crippen molar-refractivity contribution in [3.8, 4) is 0 Å². The lowest BCUT2D eigenvalue weighted by Gasteiger charge is -2.39. The molecule has 0 aromatic heterocycles. The Kier molecular flexibility index (Phi) is 5.11. The van der Waals surface area contributed by atoms with Gasteiger partial charge in [-0.3, -0.25) is 4.79 Å². The number of hydrogen-bond acceptors (Lipinski definition) is 4. The summed E-state index contributed by atoms with van der Waals surface area (Å²) >= 11 is 3.45. The van der Waals surface area contributed by atoms with Crippen molar-refractivity contribution in [2.75, 3.05) is 6.61 Å². The Bertz CT molecular complexity index is 818. The predicted molar refractivity (Wildman–Crippen MR) is 104 cm³/mol. The minimum Gasteiger partial charge on any atom is -0.463 e. The Morgan fingerprint density at radius 1 is 1.27 bits per heavy atom. The first-order chi connectivity index (χ1) is 12.2. The molecule has 0 fully saturated rings. The zero-order valence-corrected chi connectivity index (χ0v) is 17.2. The zero-order chi connectivity index (χ0) is 19.1. The first kappa shape index (κ1) is 18.9. The molecule has 0 bridgehead atoms. The lowest BCUT2D eigenvalue weighted by molar-refractivity contribution is -0.138. The minimum atomic E-state index is -0.387. The van der Waals surface area contributed by atoms with Gasteiger partial charge in [0.15, 0.2) is 5.78 Å². The first-order valence-corrected chi connectivity index (χ1v) is 9.69. The van der Waals surface area contributed by atoms with Gasteiger partial charge in [0.2, 0.25) is 0 Å². The van der Waals surface area contributed by atoms with E-state index in [4.69, 9.17) is 4.74 Å². The Morgan fingerprint density at radius 3 is 2.54 bits per heavy atom. The minimum absolute atomic E-state index is 0.0884.